The summed E-state index contributed by atoms with van der Waals surface area (Å²) in [5, 5.41) is 18.6. The Labute approximate surface area is 184 Å². The standard InChI is InChI=1S/C22H26F3N5O2/c1-13(2)32-15-3-4-16(21(27)11-14(21)9-15)19(26)17-10-18(29-12-28-17)30-7-5-20(31,6-8-30)22(23,24)25/h3,9-10,12-14,26,31H,5-8,11,27H2,1-2H3. The average molecular weight is 449 g/mol. The number of hydrogen-bond acceptors (Lipinski definition) is 7. The van der Waals surface area contributed by atoms with E-state index in [0.717, 1.165) is 0 Å². The van der Waals surface area contributed by atoms with Crippen LogP contribution in [0.3, 0.4) is 0 Å². The maximum atomic E-state index is 13.1. The number of aromatic nitrogens is 2. The van der Waals surface area contributed by atoms with Crippen molar-refractivity contribution in [1.82, 2.24) is 9.97 Å². The summed E-state index contributed by atoms with van der Waals surface area (Å²) in [5.41, 5.74) is 7.15. The Kier molecular flexibility index (Phi) is 5.43. The summed E-state index contributed by atoms with van der Waals surface area (Å²) in [4.78, 5) is 10.0. The summed E-state index contributed by atoms with van der Waals surface area (Å²) >= 11 is 0. The van der Waals surface area contributed by atoms with Gasteiger partial charge in [-0.15, -0.1) is 5.73 Å². The molecule has 1 aromatic rings. The van der Waals surface area contributed by atoms with Crippen LogP contribution in [0, 0.1) is 11.3 Å². The Morgan fingerprint density at radius 2 is 2.03 bits per heavy atom. The van der Waals surface area contributed by atoms with E-state index in [1.165, 1.54) is 6.33 Å². The third-order valence-corrected chi connectivity index (χ3v) is 6.22. The minimum atomic E-state index is -4.67. The first-order chi connectivity index (χ1) is 14.9. The first-order valence-corrected chi connectivity index (χ1v) is 10.5. The van der Waals surface area contributed by atoms with Crippen molar-refractivity contribution in [3.63, 3.8) is 0 Å². The molecule has 0 radical (unpaired) electrons. The van der Waals surface area contributed by atoms with Crippen LogP contribution < -0.4 is 10.6 Å². The number of ether oxygens (including phenoxy) is 1. The molecule has 0 spiro atoms. The molecule has 4 N–H and O–H groups in total. The summed E-state index contributed by atoms with van der Waals surface area (Å²) in [6.07, 6.45) is 0.0104. The molecule has 0 bridgehead atoms. The van der Waals surface area contributed by atoms with Gasteiger partial charge in [0.1, 0.15) is 17.9 Å². The van der Waals surface area contributed by atoms with Crippen LogP contribution >= 0.6 is 0 Å². The van der Waals surface area contributed by atoms with Crippen molar-refractivity contribution in [1.29, 1.82) is 5.41 Å². The molecular formula is C22H26F3N5O2. The van der Waals surface area contributed by atoms with Crippen LogP contribution in [0.1, 0.15) is 38.8 Å². The average Bonchev–Trinajstić information content (AvgIpc) is 3.38. The number of aliphatic hydroxyl groups is 1. The van der Waals surface area contributed by atoms with Gasteiger partial charge in [0, 0.05) is 49.6 Å². The molecule has 2 fully saturated rings. The summed E-state index contributed by atoms with van der Waals surface area (Å²) in [7, 11) is 0. The van der Waals surface area contributed by atoms with Crippen molar-refractivity contribution in [3.8, 4) is 0 Å². The minimum absolute atomic E-state index is 0.00445. The lowest BCUT2D eigenvalue weighted by molar-refractivity contribution is -0.266. The number of anilines is 1. The Bertz CT molecular complexity index is 1020. The summed E-state index contributed by atoms with van der Waals surface area (Å²) in [6, 6.07) is 1.57. The normalized spacial score (nSPS) is 26.8. The van der Waals surface area contributed by atoms with Gasteiger partial charge in [0.15, 0.2) is 5.60 Å². The van der Waals surface area contributed by atoms with E-state index in [-0.39, 0.29) is 30.8 Å². The number of nitrogens with zero attached hydrogens (tertiary/aromatic N) is 3. The number of piperidine rings is 1. The predicted molar refractivity (Wildman–Crippen MR) is 112 cm³/mol. The summed E-state index contributed by atoms with van der Waals surface area (Å²) < 4.78 is 45.0. The molecule has 1 aliphatic heterocycles. The van der Waals surface area contributed by atoms with Gasteiger partial charge in [0.05, 0.1) is 23.0 Å². The van der Waals surface area contributed by atoms with Gasteiger partial charge in [0.25, 0.3) is 0 Å². The van der Waals surface area contributed by atoms with Crippen molar-refractivity contribution in [2.24, 2.45) is 11.7 Å². The number of hydrogen-bond donors (Lipinski definition) is 3. The second-order valence-corrected chi connectivity index (χ2v) is 8.90. The molecule has 1 saturated carbocycles. The monoisotopic (exact) mass is 449 g/mol. The maximum absolute atomic E-state index is 13.1. The number of nitrogens with two attached hydrogens (primary N) is 1. The minimum Gasteiger partial charge on any atom is -0.491 e. The highest BCUT2D eigenvalue weighted by atomic mass is 19.4. The van der Waals surface area contributed by atoms with E-state index < -0.39 is 30.2 Å². The Hall–Kier alpha value is -2.68. The Morgan fingerprint density at radius 1 is 1.34 bits per heavy atom. The second-order valence-electron chi connectivity index (χ2n) is 8.90. The maximum Gasteiger partial charge on any atom is 0.417 e. The molecule has 172 valence electrons. The van der Waals surface area contributed by atoms with Crippen molar-refractivity contribution >= 4 is 11.5 Å². The largest absolute Gasteiger partial charge is 0.491 e. The molecular weight excluding hydrogens is 423 g/mol. The third-order valence-electron chi connectivity index (χ3n) is 6.22. The fourth-order valence-electron chi connectivity index (χ4n) is 4.15. The van der Waals surface area contributed by atoms with Crippen molar-refractivity contribution < 1.29 is 23.0 Å². The topological polar surface area (TPSA) is 108 Å². The van der Waals surface area contributed by atoms with Gasteiger partial charge < -0.3 is 20.5 Å². The van der Waals surface area contributed by atoms with Crippen molar-refractivity contribution in [2.75, 3.05) is 18.0 Å². The molecule has 2 unspecified atom stereocenters. The van der Waals surface area contributed by atoms with E-state index in [0.29, 0.717) is 29.3 Å². The molecule has 2 aliphatic carbocycles. The van der Waals surface area contributed by atoms with Crippen LogP contribution in [-0.4, -0.2) is 57.3 Å². The van der Waals surface area contributed by atoms with Gasteiger partial charge >= 0.3 is 6.18 Å². The number of fused-ring (bicyclic) bond motifs is 1. The molecule has 1 aromatic heterocycles. The Morgan fingerprint density at radius 3 is 2.66 bits per heavy atom. The molecule has 2 atom stereocenters. The summed E-state index contributed by atoms with van der Waals surface area (Å²) in [6.45, 7) is 3.83. The van der Waals surface area contributed by atoms with Gasteiger partial charge in [-0.05, 0) is 26.3 Å². The fraction of sp³-hybridized carbons (Fsp3) is 0.545. The number of rotatable bonds is 5. The van der Waals surface area contributed by atoms with Gasteiger partial charge in [-0.25, -0.2) is 9.97 Å². The zero-order chi connectivity index (χ0) is 23.3. The first kappa shape index (κ1) is 22.5. The van der Waals surface area contributed by atoms with Gasteiger partial charge in [-0.2, -0.15) is 13.2 Å². The molecule has 3 aliphatic rings. The van der Waals surface area contributed by atoms with Gasteiger partial charge in [-0.1, -0.05) is 0 Å². The number of nitrogens with one attached hydrogen (secondary N) is 1. The SMILES string of the molecule is CC(C)OC1=CC2CC2(N)C(C(=N)c2cc(N3CCC(O)(C(F)(F)F)CC3)ncn2)=C=C1. The molecule has 0 aromatic carbocycles. The van der Waals surface area contributed by atoms with Crippen LogP contribution in [-0.2, 0) is 4.74 Å². The van der Waals surface area contributed by atoms with E-state index in [4.69, 9.17) is 15.9 Å². The van der Waals surface area contributed by atoms with Crippen LogP contribution in [0.5, 0.6) is 0 Å². The highest BCUT2D eigenvalue weighted by Gasteiger charge is 2.55. The summed E-state index contributed by atoms with van der Waals surface area (Å²) in [5.74, 6) is 1.10. The number of alkyl halides is 3. The van der Waals surface area contributed by atoms with E-state index in [2.05, 4.69) is 15.7 Å². The predicted octanol–water partition coefficient (Wildman–Crippen LogP) is 2.86. The van der Waals surface area contributed by atoms with Crippen molar-refractivity contribution in [2.45, 2.75) is 56.5 Å². The molecule has 4 rings (SSSR count). The first-order valence-electron chi connectivity index (χ1n) is 10.5. The fourth-order valence-corrected chi connectivity index (χ4v) is 4.15. The molecule has 7 nitrogen and oxygen atoms in total. The molecule has 1 saturated heterocycles. The lowest BCUT2D eigenvalue weighted by Crippen LogP contribution is -2.53. The smallest absolute Gasteiger partial charge is 0.417 e. The molecule has 32 heavy (non-hydrogen) atoms. The Balaban J connectivity index is 1.55. The van der Waals surface area contributed by atoms with Gasteiger partial charge in [0.2, 0.25) is 0 Å². The lowest BCUT2D eigenvalue weighted by atomic mass is 9.91. The number of allylic oxidation sites excluding steroid dienone is 1. The zero-order valence-electron chi connectivity index (χ0n) is 17.9. The van der Waals surface area contributed by atoms with E-state index in [9.17, 15) is 18.3 Å². The van der Waals surface area contributed by atoms with E-state index in [1.807, 2.05) is 19.9 Å². The van der Waals surface area contributed by atoms with Crippen LogP contribution in [0.25, 0.3) is 0 Å². The van der Waals surface area contributed by atoms with Crippen LogP contribution in [0.4, 0.5) is 19.0 Å². The number of halogens is 3. The van der Waals surface area contributed by atoms with Gasteiger partial charge in [-0.3, -0.25) is 5.41 Å². The van der Waals surface area contributed by atoms with E-state index >= 15 is 0 Å². The van der Waals surface area contributed by atoms with Crippen LogP contribution in [0.15, 0.2) is 41.6 Å². The van der Waals surface area contributed by atoms with E-state index in [1.54, 1.807) is 17.0 Å². The van der Waals surface area contributed by atoms with Crippen molar-refractivity contribution in [3.05, 3.63) is 47.3 Å². The zero-order valence-corrected chi connectivity index (χ0v) is 17.9. The quantitative estimate of drug-likeness (QED) is 0.471. The highest BCUT2D eigenvalue weighted by molar-refractivity contribution is 6.11. The third kappa shape index (κ3) is 4.05. The second kappa shape index (κ2) is 7.72. The highest BCUT2D eigenvalue weighted by Crippen LogP contribution is 2.50. The molecule has 10 heteroatoms. The molecule has 0 amide bonds. The lowest BCUT2D eigenvalue weighted by Gasteiger charge is -2.39. The molecule has 2 heterocycles. The van der Waals surface area contributed by atoms with Crippen LogP contribution in [0.2, 0.25) is 0 Å².